The first-order chi connectivity index (χ1) is 17.8. The molecule has 1 aromatic heterocycles. The number of rotatable bonds is 13. The highest BCUT2D eigenvalue weighted by atomic mass is 16.3. The van der Waals surface area contributed by atoms with Crippen LogP contribution in [-0.2, 0) is 22.7 Å². The quantitative estimate of drug-likeness (QED) is 0.277. The molecule has 2 aromatic carbocycles. The van der Waals surface area contributed by atoms with Gasteiger partial charge in [-0.1, -0.05) is 74.0 Å². The number of hydrogen-bond acceptors (Lipinski definition) is 7. The van der Waals surface area contributed by atoms with E-state index in [1.807, 2.05) is 36.4 Å². The molecule has 9 heteroatoms. The van der Waals surface area contributed by atoms with Gasteiger partial charge in [0.05, 0.1) is 12.1 Å². The van der Waals surface area contributed by atoms with Crippen molar-refractivity contribution in [1.29, 1.82) is 0 Å². The summed E-state index contributed by atoms with van der Waals surface area (Å²) >= 11 is 0. The fourth-order valence-corrected chi connectivity index (χ4v) is 4.13. The Morgan fingerprint density at radius 2 is 1.41 bits per heavy atom. The number of benzene rings is 2. The first kappa shape index (κ1) is 27.8. The van der Waals surface area contributed by atoms with Crippen LogP contribution >= 0.6 is 0 Å². The summed E-state index contributed by atoms with van der Waals surface area (Å²) in [5, 5.41) is 19.7. The van der Waals surface area contributed by atoms with Crippen LogP contribution in [0.4, 0.5) is 17.6 Å². The van der Waals surface area contributed by atoms with Gasteiger partial charge in [0.15, 0.2) is 0 Å². The molecule has 4 N–H and O–H groups in total. The van der Waals surface area contributed by atoms with E-state index in [2.05, 4.69) is 62.0 Å². The Morgan fingerprint density at radius 3 is 1.92 bits per heavy atom. The second-order valence-corrected chi connectivity index (χ2v) is 9.00. The number of aromatic nitrogens is 2. The number of carbonyl (C=O) groups excluding carboxylic acids is 2. The molecule has 37 heavy (non-hydrogen) atoms. The maximum absolute atomic E-state index is 11.6. The van der Waals surface area contributed by atoms with E-state index in [1.165, 1.54) is 13.8 Å². The van der Waals surface area contributed by atoms with E-state index < -0.39 is 6.10 Å². The van der Waals surface area contributed by atoms with Crippen molar-refractivity contribution in [2.45, 2.75) is 58.8 Å². The van der Waals surface area contributed by atoms with Crippen molar-refractivity contribution < 1.29 is 14.7 Å². The molecule has 0 radical (unpaired) electrons. The summed E-state index contributed by atoms with van der Waals surface area (Å²) < 4.78 is 0. The normalized spacial score (nSPS) is 12.6. The molecule has 0 spiro atoms. The number of nitrogens with one attached hydrogen (secondary N) is 3. The highest BCUT2D eigenvalue weighted by molar-refractivity contribution is 5.89. The van der Waals surface area contributed by atoms with Crippen molar-refractivity contribution in [3.8, 4) is 0 Å². The molecular weight excluding hydrogens is 468 g/mol. The van der Waals surface area contributed by atoms with Crippen molar-refractivity contribution in [1.82, 2.24) is 14.9 Å². The maximum atomic E-state index is 11.6. The van der Waals surface area contributed by atoms with Crippen LogP contribution < -0.4 is 16.0 Å². The molecular formula is C28H36N6O3. The van der Waals surface area contributed by atoms with Gasteiger partial charge in [-0.25, -0.2) is 0 Å². The van der Waals surface area contributed by atoms with Gasteiger partial charge in [0, 0.05) is 39.5 Å². The second-order valence-electron chi connectivity index (χ2n) is 9.00. The Balaban J connectivity index is 1.89. The molecule has 9 nitrogen and oxygen atoms in total. The average Bonchev–Trinajstić information content (AvgIpc) is 2.84. The third-order valence-corrected chi connectivity index (χ3v) is 5.76. The first-order valence-electron chi connectivity index (χ1n) is 12.5. The van der Waals surface area contributed by atoms with E-state index in [4.69, 9.17) is 0 Å². The third-order valence-electron chi connectivity index (χ3n) is 5.76. The van der Waals surface area contributed by atoms with Gasteiger partial charge in [-0.05, 0) is 17.5 Å². The molecule has 0 fully saturated rings. The molecule has 3 rings (SSSR count). The molecule has 3 aromatic rings. The Kier molecular flexibility index (Phi) is 10.5. The van der Waals surface area contributed by atoms with Crippen LogP contribution in [0.2, 0.25) is 0 Å². The number of amides is 2. The standard InChI is InChI=1S/C28H36N6O3/c1-4-11-25(37)24(17-29-26-16-27(30-20(2)35)33-28(32-26)31-21(3)36)34(18-22-12-7-5-8-13-22)19-23-14-9-6-10-15-23/h5-10,12-16,24-25,37H,4,11,17-19H2,1-3H3,(H3,29,30,31,32,33,35,36)/t24-,25+/m1/s1. The summed E-state index contributed by atoms with van der Waals surface area (Å²) in [6.07, 6.45) is 0.899. The Morgan fingerprint density at radius 1 is 0.865 bits per heavy atom. The number of nitrogens with zero attached hydrogens (tertiary/aromatic N) is 3. The van der Waals surface area contributed by atoms with Crippen molar-refractivity contribution in [3.63, 3.8) is 0 Å². The molecule has 0 aliphatic carbocycles. The first-order valence-corrected chi connectivity index (χ1v) is 12.5. The Bertz CT molecular complexity index is 1070. The minimum atomic E-state index is -0.587. The summed E-state index contributed by atoms with van der Waals surface area (Å²) in [4.78, 5) is 34.0. The third kappa shape index (κ3) is 9.29. The predicted molar refractivity (Wildman–Crippen MR) is 146 cm³/mol. The van der Waals surface area contributed by atoms with Crippen LogP contribution in [0.3, 0.4) is 0 Å². The van der Waals surface area contributed by atoms with Crippen LogP contribution in [0, 0.1) is 0 Å². The van der Waals surface area contributed by atoms with Gasteiger partial charge >= 0.3 is 0 Å². The topological polar surface area (TPSA) is 119 Å². The van der Waals surface area contributed by atoms with Gasteiger partial charge in [-0.3, -0.25) is 19.8 Å². The number of aliphatic hydroxyl groups excluding tert-OH is 1. The van der Waals surface area contributed by atoms with E-state index >= 15 is 0 Å². The highest BCUT2D eigenvalue weighted by Crippen LogP contribution is 2.20. The summed E-state index contributed by atoms with van der Waals surface area (Å²) in [6, 6.07) is 21.7. The highest BCUT2D eigenvalue weighted by Gasteiger charge is 2.26. The van der Waals surface area contributed by atoms with Crippen molar-refractivity contribution >= 4 is 29.4 Å². The van der Waals surface area contributed by atoms with Gasteiger partial charge in [-0.15, -0.1) is 0 Å². The smallest absolute Gasteiger partial charge is 0.233 e. The number of aliphatic hydroxyl groups is 1. The van der Waals surface area contributed by atoms with E-state index in [9.17, 15) is 14.7 Å². The lowest BCUT2D eigenvalue weighted by Crippen LogP contribution is -2.47. The number of carbonyl (C=O) groups is 2. The molecule has 0 saturated heterocycles. The van der Waals surface area contributed by atoms with Crippen LogP contribution in [-0.4, -0.2) is 50.5 Å². The largest absolute Gasteiger partial charge is 0.391 e. The molecule has 0 aliphatic rings. The van der Waals surface area contributed by atoms with Crippen LogP contribution in [0.25, 0.3) is 0 Å². The van der Waals surface area contributed by atoms with Gasteiger partial charge in [0.1, 0.15) is 11.6 Å². The molecule has 0 aliphatic heterocycles. The van der Waals surface area contributed by atoms with Crippen molar-refractivity contribution in [2.24, 2.45) is 0 Å². The fraction of sp³-hybridized carbons (Fsp3) is 0.357. The van der Waals surface area contributed by atoms with Gasteiger partial charge in [0.2, 0.25) is 17.8 Å². The average molecular weight is 505 g/mol. The molecule has 2 atom stereocenters. The van der Waals surface area contributed by atoms with E-state index in [1.54, 1.807) is 6.07 Å². The predicted octanol–water partition coefficient (Wildman–Crippen LogP) is 4.04. The van der Waals surface area contributed by atoms with Gasteiger partial charge in [0.25, 0.3) is 0 Å². The molecule has 2 amide bonds. The summed E-state index contributed by atoms with van der Waals surface area (Å²) in [5.41, 5.74) is 2.30. The minimum absolute atomic E-state index is 0.0809. The molecule has 0 unspecified atom stereocenters. The lowest BCUT2D eigenvalue weighted by molar-refractivity contribution is -0.115. The Labute approximate surface area is 218 Å². The van der Waals surface area contributed by atoms with Gasteiger partial charge < -0.3 is 15.7 Å². The van der Waals surface area contributed by atoms with Crippen LogP contribution in [0.15, 0.2) is 66.7 Å². The lowest BCUT2D eigenvalue weighted by atomic mass is 10.0. The minimum Gasteiger partial charge on any atom is -0.391 e. The zero-order chi connectivity index (χ0) is 26.6. The van der Waals surface area contributed by atoms with Crippen molar-refractivity contribution in [2.75, 3.05) is 22.5 Å². The zero-order valence-corrected chi connectivity index (χ0v) is 21.6. The molecule has 196 valence electrons. The van der Waals surface area contributed by atoms with Crippen molar-refractivity contribution in [3.05, 3.63) is 77.9 Å². The maximum Gasteiger partial charge on any atom is 0.233 e. The molecule has 0 bridgehead atoms. The molecule has 1 heterocycles. The lowest BCUT2D eigenvalue weighted by Gasteiger charge is -2.35. The Hall–Kier alpha value is -3.82. The SMILES string of the molecule is CCC[C@H](O)[C@@H](CNc1cc(NC(C)=O)nc(NC(C)=O)n1)N(Cc1ccccc1)Cc1ccccc1. The van der Waals surface area contributed by atoms with Gasteiger partial charge in [-0.2, -0.15) is 9.97 Å². The van der Waals surface area contributed by atoms with Crippen LogP contribution in [0.1, 0.15) is 44.7 Å². The summed E-state index contributed by atoms with van der Waals surface area (Å²) in [6.45, 7) is 6.49. The monoisotopic (exact) mass is 504 g/mol. The fourth-order valence-electron chi connectivity index (χ4n) is 4.13. The summed E-state index contributed by atoms with van der Waals surface area (Å²) in [7, 11) is 0. The van der Waals surface area contributed by atoms with Crippen LogP contribution in [0.5, 0.6) is 0 Å². The zero-order valence-electron chi connectivity index (χ0n) is 21.6. The van der Waals surface area contributed by atoms with E-state index in [0.29, 0.717) is 31.9 Å². The van der Waals surface area contributed by atoms with E-state index in [0.717, 1.165) is 17.5 Å². The molecule has 0 saturated carbocycles. The van der Waals surface area contributed by atoms with E-state index in [-0.39, 0.29) is 29.6 Å². The second kappa shape index (κ2) is 14.1. The number of hydrogen-bond donors (Lipinski definition) is 4. The summed E-state index contributed by atoms with van der Waals surface area (Å²) in [5.74, 6) is 0.170. The number of anilines is 3.